The van der Waals surface area contributed by atoms with E-state index in [1.165, 1.54) is 0 Å². The number of rotatable bonds is 6. The van der Waals surface area contributed by atoms with E-state index in [0.29, 0.717) is 6.42 Å². The first kappa shape index (κ1) is 15.4. The quantitative estimate of drug-likeness (QED) is 0.693. The lowest BCUT2D eigenvalue weighted by molar-refractivity contribution is 0.218. The third-order valence-corrected chi connectivity index (χ3v) is 4.03. The van der Waals surface area contributed by atoms with Crippen molar-refractivity contribution < 1.29 is 5.11 Å². The molecule has 0 aromatic carbocycles. The topological polar surface area (TPSA) is 85.2 Å². The lowest BCUT2D eigenvalue weighted by atomic mass is 9.57. The zero-order valence-corrected chi connectivity index (χ0v) is 12.0. The fourth-order valence-electron chi connectivity index (χ4n) is 2.93. The maximum absolute atomic E-state index is 9.40. The van der Waals surface area contributed by atoms with Gasteiger partial charge in [-0.2, -0.15) is 0 Å². The molecular formula is C17H21N3O. The van der Waals surface area contributed by atoms with Gasteiger partial charge in [-0.25, -0.2) is 0 Å². The molecule has 0 aliphatic heterocycles. The van der Waals surface area contributed by atoms with Gasteiger partial charge in [-0.05, 0) is 23.6 Å². The first-order chi connectivity index (χ1) is 10.0. The zero-order valence-electron chi connectivity index (χ0n) is 12.0. The first-order valence-electron chi connectivity index (χ1n) is 6.82. The monoisotopic (exact) mass is 283 g/mol. The Morgan fingerprint density at radius 2 is 2.14 bits per heavy atom. The molecule has 0 spiro atoms. The van der Waals surface area contributed by atoms with E-state index in [0.717, 1.165) is 16.7 Å². The molecule has 4 nitrogen and oxygen atoms in total. The number of aromatic nitrogens is 1. The third-order valence-electron chi connectivity index (χ3n) is 4.03. The van der Waals surface area contributed by atoms with Crippen LogP contribution in [0.15, 0.2) is 62.0 Å². The van der Waals surface area contributed by atoms with Crippen molar-refractivity contribution in [3.05, 3.63) is 73.1 Å². The Kier molecular flexibility index (Phi) is 4.23. The zero-order chi connectivity index (χ0) is 15.5. The lowest BCUT2D eigenvalue weighted by Gasteiger charge is -2.53. The van der Waals surface area contributed by atoms with Crippen molar-refractivity contribution in [2.75, 3.05) is 6.61 Å². The molecule has 0 fully saturated rings. The van der Waals surface area contributed by atoms with Gasteiger partial charge < -0.3 is 16.6 Å². The Balaban J connectivity index is 2.62. The Bertz CT molecular complexity index is 620. The van der Waals surface area contributed by atoms with E-state index in [2.05, 4.69) is 18.1 Å². The van der Waals surface area contributed by atoms with Gasteiger partial charge in [0.15, 0.2) is 0 Å². The number of nitrogens with two attached hydrogens (primary N) is 2. The molecule has 5 N–H and O–H groups in total. The van der Waals surface area contributed by atoms with Crippen molar-refractivity contribution in [3.8, 4) is 0 Å². The number of hydrogen-bond donors (Lipinski definition) is 3. The molecule has 1 aliphatic rings. The number of nitrogens with zero attached hydrogens (tertiary/aromatic N) is 1. The molecule has 2 rings (SSSR count). The van der Waals surface area contributed by atoms with Crippen molar-refractivity contribution in [1.82, 2.24) is 4.98 Å². The predicted molar refractivity (Wildman–Crippen MR) is 86.2 cm³/mol. The van der Waals surface area contributed by atoms with Crippen LogP contribution >= 0.6 is 0 Å². The molecule has 1 heterocycles. The summed E-state index contributed by atoms with van der Waals surface area (Å²) in [6.45, 7) is 7.34. The van der Waals surface area contributed by atoms with E-state index in [-0.39, 0.29) is 6.61 Å². The molecule has 0 saturated carbocycles. The Labute approximate surface area is 125 Å². The van der Waals surface area contributed by atoms with Crippen LogP contribution in [-0.2, 0) is 5.54 Å². The van der Waals surface area contributed by atoms with Gasteiger partial charge in [0, 0.05) is 24.6 Å². The molecule has 0 amide bonds. The Hall–Kier alpha value is -2.01. The van der Waals surface area contributed by atoms with Crippen LogP contribution in [0.3, 0.4) is 0 Å². The molecule has 2 unspecified atom stereocenters. The van der Waals surface area contributed by atoms with Crippen LogP contribution in [-0.4, -0.2) is 22.2 Å². The second-order valence-corrected chi connectivity index (χ2v) is 5.15. The maximum Gasteiger partial charge on any atom is 0.0899 e. The summed E-state index contributed by atoms with van der Waals surface area (Å²) in [6.07, 6.45) is 12.5. The van der Waals surface area contributed by atoms with Gasteiger partial charge in [0.1, 0.15) is 0 Å². The van der Waals surface area contributed by atoms with Crippen LogP contribution in [0.2, 0.25) is 0 Å². The highest BCUT2D eigenvalue weighted by molar-refractivity contribution is 5.89. The number of fused-ring (bicyclic) bond motifs is 1. The highest BCUT2D eigenvalue weighted by Crippen LogP contribution is 2.53. The second-order valence-electron chi connectivity index (χ2n) is 5.15. The molecule has 110 valence electrons. The smallest absolute Gasteiger partial charge is 0.0899 e. The summed E-state index contributed by atoms with van der Waals surface area (Å²) < 4.78 is 0. The largest absolute Gasteiger partial charge is 0.396 e. The van der Waals surface area contributed by atoms with Crippen molar-refractivity contribution in [1.29, 1.82) is 0 Å². The molecule has 21 heavy (non-hydrogen) atoms. The van der Waals surface area contributed by atoms with Gasteiger partial charge in [-0.1, -0.05) is 43.5 Å². The van der Waals surface area contributed by atoms with E-state index >= 15 is 0 Å². The summed E-state index contributed by atoms with van der Waals surface area (Å²) in [4.78, 5) is 4.13. The van der Waals surface area contributed by atoms with Crippen LogP contribution in [0.1, 0.15) is 17.5 Å². The summed E-state index contributed by atoms with van der Waals surface area (Å²) in [5, 5.41) is 9.40. The van der Waals surface area contributed by atoms with E-state index in [4.69, 9.17) is 11.5 Å². The normalized spacial score (nSPS) is 25.2. The van der Waals surface area contributed by atoms with Gasteiger partial charge in [-0.15, -0.1) is 0 Å². The van der Waals surface area contributed by atoms with E-state index in [1.807, 2.05) is 12.1 Å². The number of hydrogen-bond acceptors (Lipinski definition) is 4. The standard InChI is InChI=1S/C17H21N3O/c1-3-5-8-16(18,9-11-21)17(19)14(6-4-2)13-12-20-10-7-15(13)17/h3-8,10,12,21H,1-2,9,11,18-19H2/b8-5-,14-6-. The van der Waals surface area contributed by atoms with E-state index in [1.54, 1.807) is 36.7 Å². The lowest BCUT2D eigenvalue weighted by Crippen LogP contribution is -2.67. The van der Waals surface area contributed by atoms with Crippen LogP contribution in [0.4, 0.5) is 0 Å². The summed E-state index contributed by atoms with van der Waals surface area (Å²) in [6, 6.07) is 1.87. The number of allylic oxidation sites excluding steroid dienone is 4. The van der Waals surface area contributed by atoms with Crippen molar-refractivity contribution >= 4 is 5.57 Å². The number of aliphatic hydroxyl groups excluding tert-OH is 1. The molecule has 0 saturated heterocycles. The van der Waals surface area contributed by atoms with Crippen molar-refractivity contribution in [3.63, 3.8) is 0 Å². The van der Waals surface area contributed by atoms with Crippen LogP contribution in [0.25, 0.3) is 5.57 Å². The molecule has 1 aromatic rings. The van der Waals surface area contributed by atoms with Gasteiger partial charge >= 0.3 is 0 Å². The predicted octanol–water partition coefficient (Wildman–Crippen LogP) is 1.64. The van der Waals surface area contributed by atoms with Crippen molar-refractivity contribution in [2.24, 2.45) is 11.5 Å². The highest BCUT2D eigenvalue weighted by atomic mass is 16.3. The molecule has 1 aliphatic carbocycles. The SMILES string of the molecule is C=C/C=C\C(N)(CCO)C1(N)/C(=C\C=C)c2cnccc21. The minimum absolute atomic E-state index is 0.0568. The van der Waals surface area contributed by atoms with Gasteiger partial charge in [0.2, 0.25) is 0 Å². The first-order valence-corrected chi connectivity index (χ1v) is 6.82. The van der Waals surface area contributed by atoms with Crippen LogP contribution in [0.5, 0.6) is 0 Å². The van der Waals surface area contributed by atoms with Crippen molar-refractivity contribution in [2.45, 2.75) is 17.5 Å². The summed E-state index contributed by atoms with van der Waals surface area (Å²) in [5.74, 6) is 0. The van der Waals surface area contributed by atoms with E-state index in [9.17, 15) is 5.11 Å². The molecule has 0 bridgehead atoms. The average Bonchev–Trinajstić information content (AvgIpc) is 2.50. The minimum Gasteiger partial charge on any atom is -0.396 e. The fraction of sp³-hybridized carbons (Fsp3) is 0.235. The number of pyridine rings is 1. The fourth-order valence-corrected chi connectivity index (χ4v) is 2.93. The Morgan fingerprint density at radius 1 is 1.38 bits per heavy atom. The van der Waals surface area contributed by atoms with E-state index < -0.39 is 11.1 Å². The number of aliphatic hydroxyl groups is 1. The molecule has 4 heteroatoms. The minimum atomic E-state index is -0.918. The third kappa shape index (κ3) is 2.17. The molecule has 0 radical (unpaired) electrons. The summed E-state index contributed by atoms with van der Waals surface area (Å²) >= 11 is 0. The summed E-state index contributed by atoms with van der Waals surface area (Å²) in [5.41, 5.74) is 14.2. The maximum atomic E-state index is 9.40. The molecule has 2 atom stereocenters. The van der Waals surface area contributed by atoms with Gasteiger partial charge in [-0.3, -0.25) is 4.98 Å². The molecule has 1 aromatic heterocycles. The molecular weight excluding hydrogens is 262 g/mol. The van der Waals surface area contributed by atoms with Gasteiger partial charge in [0.25, 0.3) is 0 Å². The van der Waals surface area contributed by atoms with Crippen LogP contribution < -0.4 is 11.5 Å². The highest BCUT2D eigenvalue weighted by Gasteiger charge is 2.55. The second kappa shape index (κ2) is 5.77. The van der Waals surface area contributed by atoms with Crippen LogP contribution in [0, 0.1) is 0 Å². The van der Waals surface area contributed by atoms with Gasteiger partial charge in [0.05, 0.1) is 11.1 Å². The average molecular weight is 283 g/mol. The summed E-state index contributed by atoms with van der Waals surface area (Å²) in [7, 11) is 0. The Morgan fingerprint density at radius 3 is 2.76 bits per heavy atom.